The van der Waals surface area contributed by atoms with E-state index in [-0.39, 0.29) is 28.5 Å². The van der Waals surface area contributed by atoms with Crippen molar-refractivity contribution in [3.63, 3.8) is 0 Å². The third-order valence-electron chi connectivity index (χ3n) is 5.23. The number of methoxy groups -OCH3 is 3. The van der Waals surface area contributed by atoms with E-state index in [0.717, 1.165) is 21.8 Å². The molecule has 0 saturated carbocycles. The van der Waals surface area contributed by atoms with Gasteiger partial charge in [-0.3, -0.25) is 0 Å². The minimum Gasteiger partial charge on any atom is -0.506 e. The van der Waals surface area contributed by atoms with Crippen LogP contribution in [-0.4, -0.2) is 50.9 Å². The molecule has 0 spiro atoms. The van der Waals surface area contributed by atoms with Gasteiger partial charge in [-0.1, -0.05) is 41.5 Å². The predicted molar refractivity (Wildman–Crippen MR) is 145 cm³/mol. The molecule has 0 aliphatic carbocycles. The van der Waals surface area contributed by atoms with E-state index in [2.05, 4.69) is 20.8 Å². The second-order valence-electron chi connectivity index (χ2n) is 9.82. The van der Waals surface area contributed by atoms with Gasteiger partial charge in [0.1, 0.15) is 11.5 Å². The molecule has 0 atom stereocenters. The summed E-state index contributed by atoms with van der Waals surface area (Å²) in [5, 5.41) is 10.1. The Morgan fingerprint density at radius 1 is 0.714 bits per heavy atom. The van der Waals surface area contributed by atoms with Gasteiger partial charge in [0, 0.05) is 16.0 Å². The Bertz CT molecular complexity index is 1050. The molecule has 35 heavy (non-hydrogen) atoms. The van der Waals surface area contributed by atoms with Crippen molar-refractivity contribution in [2.24, 2.45) is 0 Å². The molecule has 0 bridgehead atoms. The largest absolute Gasteiger partial charge is 0.506 e. The third kappa shape index (κ3) is 7.84. The molecule has 2 rings (SSSR count). The molecule has 0 unspecified atom stereocenters. The van der Waals surface area contributed by atoms with Crippen LogP contribution in [0.5, 0.6) is 11.5 Å². The lowest BCUT2D eigenvalue weighted by atomic mass is 9.85. The van der Waals surface area contributed by atoms with E-state index in [4.69, 9.17) is 14.2 Å². The maximum absolute atomic E-state index is 11.7. The van der Waals surface area contributed by atoms with E-state index in [9.17, 15) is 14.7 Å². The van der Waals surface area contributed by atoms with Gasteiger partial charge in [-0.15, -0.1) is 23.5 Å². The average Bonchev–Trinajstić information content (AvgIpc) is 2.81. The molecule has 0 aliphatic rings. The van der Waals surface area contributed by atoms with E-state index in [1.165, 1.54) is 26.0 Å². The Kier molecular flexibility index (Phi) is 11.0. The van der Waals surface area contributed by atoms with Crippen molar-refractivity contribution in [3.05, 3.63) is 46.5 Å². The Labute approximate surface area is 218 Å². The number of phenols is 1. The van der Waals surface area contributed by atoms with E-state index in [0.29, 0.717) is 16.0 Å². The number of carbonyl (C=O) groups is 2. The van der Waals surface area contributed by atoms with Gasteiger partial charge in [0.15, 0.2) is 0 Å². The zero-order valence-electron chi connectivity index (χ0n) is 22.6. The van der Waals surface area contributed by atoms with Crippen LogP contribution in [0.2, 0.25) is 0 Å². The summed E-state index contributed by atoms with van der Waals surface area (Å²) >= 11 is 2.97. The van der Waals surface area contributed by atoms with Gasteiger partial charge >= 0.3 is 11.9 Å². The third-order valence-corrected chi connectivity index (χ3v) is 6.73. The summed E-state index contributed by atoms with van der Waals surface area (Å²) in [7, 11) is 4.40. The van der Waals surface area contributed by atoms with Gasteiger partial charge < -0.3 is 19.3 Å². The van der Waals surface area contributed by atoms with Crippen LogP contribution in [0, 0.1) is 0 Å². The summed E-state index contributed by atoms with van der Waals surface area (Å²) in [4.78, 5) is 24.9. The van der Waals surface area contributed by atoms with E-state index >= 15 is 0 Å². The van der Waals surface area contributed by atoms with Crippen molar-refractivity contribution in [3.8, 4) is 11.5 Å². The van der Waals surface area contributed by atoms with Crippen molar-refractivity contribution in [1.82, 2.24) is 0 Å². The fourth-order valence-electron chi connectivity index (χ4n) is 3.33. The van der Waals surface area contributed by atoms with E-state index in [1.54, 1.807) is 31.0 Å². The van der Waals surface area contributed by atoms with Crippen molar-refractivity contribution in [2.75, 3.05) is 33.8 Å². The van der Waals surface area contributed by atoms with Gasteiger partial charge in [-0.05, 0) is 47.6 Å². The predicted octanol–water partition coefficient (Wildman–Crippen LogP) is 6.70. The van der Waals surface area contributed by atoms with E-state index < -0.39 is 0 Å². The number of hydrogen-bond donors (Lipinski definition) is 1. The van der Waals surface area contributed by atoms with Crippen LogP contribution in [0.3, 0.4) is 0 Å². The normalized spacial score (nSPS) is 11.3. The Morgan fingerprint density at radius 2 is 1.11 bits per heavy atom. The molecule has 0 radical (unpaired) electrons. The maximum atomic E-state index is 11.7. The van der Waals surface area contributed by atoms with Crippen LogP contribution >= 0.6 is 23.5 Å². The highest BCUT2D eigenvalue weighted by Crippen LogP contribution is 2.40. The van der Waals surface area contributed by atoms with Crippen molar-refractivity contribution >= 4 is 35.5 Å². The summed E-state index contributed by atoms with van der Waals surface area (Å²) in [5.74, 6) is 0.379. The van der Waals surface area contributed by atoms with Crippen molar-refractivity contribution in [1.29, 1.82) is 0 Å². The fourth-order valence-corrected chi connectivity index (χ4v) is 4.50. The number of phenolic OH excluding ortho intramolecular Hbond substituents is 1. The first kappa shape index (κ1) is 30.7. The molecule has 6 nitrogen and oxygen atoms in total. The molecule has 8 heteroatoms. The molecule has 0 aliphatic heterocycles. The lowest BCUT2D eigenvalue weighted by Gasteiger charge is -2.24. The molecule has 0 heterocycles. The van der Waals surface area contributed by atoms with Crippen LogP contribution in [0.25, 0.3) is 0 Å². The molecule has 0 saturated heterocycles. The van der Waals surface area contributed by atoms with E-state index in [1.807, 2.05) is 45.4 Å². The summed E-state index contributed by atoms with van der Waals surface area (Å²) < 4.78 is 15.0. The fraction of sp³-hybridized carbons (Fsp3) is 0.481. The second kappa shape index (κ2) is 12.6. The number of thioether (sulfide) groups is 2. The lowest BCUT2D eigenvalue weighted by Crippen LogP contribution is -2.15. The SMILES string of the molecule is COC(=O)c1cc(SC)c(O)c(C(C)(C)C)c1.COC(=O)c1cc(SC)c(OC)c(C(C)(C)C)c1. The molecule has 2 aromatic rings. The minimum atomic E-state index is -0.384. The number of ether oxygens (including phenoxy) is 3. The molecule has 0 aromatic heterocycles. The van der Waals surface area contributed by atoms with Crippen molar-refractivity contribution in [2.45, 2.75) is 62.2 Å². The highest BCUT2D eigenvalue weighted by Gasteiger charge is 2.24. The molecule has 1 N–H and O–H groups in total. The first-order valence-corrected chi connectivity index (χ1v) is 13.5. The smallest absolute Gasteiger partial charge is 0.337 e. The number of esters is 2. The molecular weight excluding hydrogens is 484 g/mol. The number of benzene rings is 2. The molecule has 2 aromatic carbocycles. The van der Waals surface area contributed by atoms with Gasteiger partial charge in [0.25, 0.3) is 0 Å². The molecule has 0 fully saturated rings. The summed E-state index contributed by atoms with van der Waals surface area (Å²) in [6.45, 7) is 12.3. The molecular formula is C27H38O6S2. The van der Waals surface area contributed by atoms with Gasteiger partial charge in [0.05, 0.1) is 37.4 Å². The van der Waals surface area contributed by atoms with Crippen LogP contribution in [0.4, 0.5) is 0 Å². The van der Waals surface area contributed by atoms with Crippen LogP contribution in [0.1, 0.15) is 73.4 Å². The van der Waals surface area contributed by atoms with Gasteiger partial charge in [-0.25, -0.2) is 9.59 Å². The number of rotatable bonds is 5. The zero-order chi connectivity index (χ0) is 27.1. The van der Waals surface area contributed by atoms with Crippen LogP contribution in [-0.2, 0) is 20.3 Å². The Balaban J connectivity index is 0.000000351. The quantitative estimate of drug-likeness (QED) is 0.343. The monoisotopic (exact) mass is 522 g/mol. The van der Waals surface area contributed by atoms with Crippen molar-refractivity contribution < 1.29 is 28.9 Å². The Morgan fingerprint density at radius 3 is 1.46 bits per heavy atom. The zero-order valence-corrected chi connectivity index (χ0v) is 24.2. The van der Waals surface area contributed by atoms with Crippen LogP contribution in [0.15, 0.2) is 34.1 Å². The standard InChI is InChI=1S/C14H20O3S.C13H18O3S/c1-14(2,3)10-7-9(13(15)17-5)8-11(18-6)12(10)16-4;1-13(2,3)9-6-8(12(15)16-4)7-10(17-5)11(9)14/h7-8H,1-6H3;6-7,14H,1-5H3. The maximum Gasteiger partial charge on any atom is 0.337 e. The van der Waals surface area contributed by atoms with Gasteiger partial charge in [-0.2, -0.15) is 0 Å². The number of hydrogen-bond acceptors (Lipinski definition) is 8. The lowest BCUT2D eigenvalue weighted by molar-refractivity contribution is 0.0591. The van der Waals surface area contributed by atoms with Crippen LogP contribution < -0.4 is 4.74 Å². The first-order chi connectivity index (χ1) is 16.2. The Hall–Kier alpha value is -2.32. The number of aromatic hydroxyl groups is 1. The number of carbonyl (C=O) groups excluding carboxylic acids is 2. The summed E-state index contributed by atoms with van der Waals surface area (Å²) in [5.41, 5.74) is 2.48. The topological polar surface area (TPSA) is 82.1 Å². The highest BCUT2D eigenvalue weighted by molar-refractivity contribution is 7.99. The second-order valence-corrected chi connectivity index (χ2v) is 11.5. The summed E-state index contributed by atoms with van der Waals surface area (Å²) in [6, 6.07) is 7.01. The summed E-state index contributed by atoms with van der Waals surface area (Å²) in [6.07, 6.45) is 3.83. The highest BCUT2D eigenvalue weighted by atomic mass is 32.2. The minimum absolute atomic E-state index is 0.0974. The average molecular weight is 523 g/mol. The molecule has 194 valence electrons. The van der Waals surface area contributed by atoms with Gasteiger partial charge in [0.2, 0.25) is 0 Å². The molecule has 0 amide bonds. The first-order valence-electron chi connectivity index (χ1n) is 11.0.